The summed E-state index contributed by atoms with van der Waals surface area (Å²) in [5, 5.41) is 3.39. The van der Waals surface area contributed by atoms with Crippen molar-refractivity contribution in [2.75, 3.05) is 6.54 Å². The summed E-state index contributed by atoms with van der Waals surface area (Å²) < 4.78 is 31.8. The third-order valence-corrected chi connectivity index (χ3v) is 4.10. The second-order valence-corrected chi connectivity index (χ2v) is 6.08. The first-order chi connectivity index (χ1) is 12.7. The molecule has 0 unspecified atom stereocenters. The molecule has 0 fully saturated rings. The molecular weight excluding hydrogens is 368 g/mol. The molecule has 3 aromatic rings. The molecule has 0 aliphatic carbocycles. The first-order valence-corrected chi connectivity index (χ1v) is 8.61. The highest BCUT2D eigenvalue weighted by molar-refractivity contribution is 5.33. The molecule has 0 heterocycles. The van der Waals surface area contributed by atoms with Crippen molar-refractivity contribution in [2.24, 2.45) is 0 Å². The van der Waals surface area contributed by atoms with Gasteiger partial charge >= 0.3 is 0 Å². The van der Waals surface area contributed by atoms with Crippen molar-refractivity contribution < 1.29 is 25.9 Å². The van der Waals surface area contributed by atoms with Crippen molar-refractivity contribution in [3.63, 3.8) is 0 Å². The fourth-order valence-electron chi connectivity index (χ4n) is 2.64. The van der Waals surface area contributed by atoms with Gasteiger partial charge in [0.2, 0.25) is 0 Å². The van der Waals surface area contributed by atoms with Crippen LogP contribution in [0.25, 0.3) is 0 Å². The first kappa shape index (κ1) is 20.9. The average molecular weight is 389 g/mol. The van der Waals surface area contributed by atoms with E-state index in [2.05, 4.69) is 5.32 Å². The fourth-order valence-corrected chi connectivity index (χ4v) is 2.64. The van der Waals surface area contributed by atoms with E-state index in [-0.39, 0.29) is 24.0 Å². The van der Waals surface area contributed by atoms with Crippen LogP contribution in [0.4, 0.5) is 8.78 Å². The van der Waals surface area contributed by atoms with Crippen LogP contribution in [0, 0.1) is 11.6 Å². The second-order valence-electron chi connectivity index (χ2n) is 6.08. The molecule has 2 nitrogen and oxygen atoms in total. The van der Waals surface area contributed by atoms with Gasteiger partial charge in [0.1, 0.15) is 24.0 Å². The Kier molecular flexibility index (Phi) is 8.24. The molecule has 0 saturated heterocycles. The third-order valence-electron chi connectivity index (χ3n) is 4.10. The molecular formula is C22H21ClF2NO-. The molecule has 3 aromatic carbocycles. The van der Waals surface area contributed by atoms with Crippen LogP contribution in [0.15, 0.2) is 72.8 Å². The highest BCUT2D eigenvalue weighted by Gasteiger charge is 2.04. The Morgan fingerprint density at radius 1 is 0.741 bits per heavy atom. The summed E-state index contributed by atoms with van der Waals surface area (Å²) in [5.41, 5.74) is 3.08. The molecule has 3 rings (SSSR count). The van der Waals surface area contributed by atoms with E-state index < -0.39 is 0 Å². The lowest BCUT2D eigenvalue weighted by atomic mass is 10.1. The topological polar surface area (TPSA) is 21.3 Å². The Labute approximate surface area is 164 Å². The van der Waals surface area contributed by atoms with E-state index in [1.54, 1.807) is 24.3 Å². The number of nitrogens with one attached hydrogen (secondary N) is 1. The van der Waals surface area contributed by atoms with Crippen LogP contribution in [0.1, 0.15) is 16.7 Å². The van der Waals surface area contributed by atoms with Crippen LogP contribution in [0.3, 0.4) is 0 Å². The molecule has 142 valence electrons. The summed E-state index contributed by atoms with van der Waals surface area (Å²) in [7, 11) is 0. The molecule has 0 atom stereocenters. The number of hydrogen-bond donors (Lipinski definition) is 1. The standard InChI is InChI=1S/C22H21F2NO.ClH/c23-20-9-5-17(6-10-20)13-14-25-15-19-3-1-2-4-22(19)26-16-18-7-11-21(24)12-8-18;/h1-12,25H,13-16H2;1H/p-1. The predicted octanol–water partition coefficient (Wildman–Crippen LogP) is 1.88. The lowest BCUT2D eigenvalue weighted by Gasteiger charge is -2.12. The Morgan fingerprint density at radius 2 is 1.33 bits per heavy atom. The van der Waals surface area contributed by atoms with Crippen molar-refractivity contribution in [1.82, 2.24) is 5.32 Å². The summed E-state index contributed by atoms with van der Waals surface area (Å²) in [6.45, 7) is 1.87. The zero-order valence-electron chi connectivity index (χ0n) is 14.8. The van der Waals surface area contributed by atoms with Crippen LogP contribution < -0.4 is 22.5 Å². The minimum absolute atomic E-state index is 0. The van der Waals surface area contributed by atoms with E-state index >= 15 is 0 Å². The number of hydrogen-bond acceptors (Lipinski definition) is 2. The Balaban J connectivity index is 0.00000261. The lowest BCUT2D eigenvalue weighted by molar-refractivity contribution is -0.00000682. The quantitative estimate of drug-likeness (QED) is 0.595. The molecule has 0 radical (unpaired) electrons. The van der Waals surface area contributed by atoms with E-state index in [4.69, 9.17) is 4.74 Å². The maximum atomic E-state index is 13.0. The molecule has 0 aliphatic rings. The highest BCUT2D eigenvalue weighted by Crippen LogP contribution is 2.19. The van der Waals surface area contributed by atoms with Gasteiger partial charge in [0.05, 0.1) is 0 Å². The molecule has 0 aliphatic heterocycles. The smallest absolute Gasteiger partial charge is 0.124 e. The van der Waals surface area contributed by atoms with Gasteiger partial charge in [-0.2, -0.15) is 0 Å². The van der Waals surface area contributed by atoms with Gasteiger partial charge in [-0.1, -0.05) is 42.5 Å². The zero-order chi connectivity index (χ0) is 18.2. The minimum atomic E-state index is -0.250. The van der Waals surface area contributed by atoms with Gasteiger partial charge in [0, 0.05) is 12.1 Å². The van der Waals surface area contributed by atoms with E-state index in [0.717, 1.165) is 35.4 Å². The van der Waals surface area contributed by atoms with Gasteiger partial charge in [-0.25, -0.2) is 8.78 Å². The fraction of sp³-hybridized carbons (Fsp3) is 0.182. The Hall–Kier alpha value is -2.43. The molecule has 5 heteroatoms. The lowest BCUT2D eigenvalue weighted by Crippen LogP contribution is -3.00. The van der Waals surface area contributed by atoms with Gasteiger partial charge in [-0.15, -0.1) is 0 Å². The number of ether oxygens (including phenoxy) is 1. The van der Waals surface area contributed by atoms with E-state index in [9.17, 15) is 8.78 Å². The first-order valence-electron chi connectivity index (χ1n) is 8.61. The van der Waals surface area contributed by atoms with Gasteiger partial charge in [0.25, 0.3) is 0 Å². The van der Waals surface area contributed by atoms with Crippen molar-refractivity contribution >= 4 is 0 Å². The third kappa shape index (κ3) is 6.66. The van der Waals surface area contributed by atoms with Gasteiger partial charge in [0.15, 0.2) is 0 Å². The molecule has 0 aromatic heterocycles. The van der Waals surface area contributed by atoms with Crippen molar-refractivity contribution in [3.8, 4) is 5.75 Å². The average Bonchev–Trinajstić information content (AvgIpc) is 2.67. The van der Waals surface area contributed by atoms with E-state index in [0.29, 0.717) is 13.2 Å². The summed E-state index contributed by atoms with van der Waals surface area (Å²) in [6, 6.07) is 20.7. The molecule has 27 heavy (non-hydrogen) atoms. The normalized spacial score (nSPS) is 10.3. The van der Waals surface area contributed by atoms with Crippen LogP contribution in [-0.2, 0) is 19.6 Å². The summed E-state index contributed by atoms with van der Waals surface area (Å²) in [5.74, 6) is 0.347. The number of benzene rings is 3. The summed E-state index contributed by atoms with van der Waals surface area (Å²) in [6.07, 6.45) is 0.832. The summed E-state index contributed by atoms with van der Waals surface area (Å²) >= 11 is 0. The predicted molar refractivity (Wildman–Crippen MR) is 99.0 cm³/mol. The van der Waals surface area contributed by atoms with Crippen LogP contribution in [0.5, 0.6) is 5.75 Å². The molecule has 0 amide bonds. The monoisotopic (exact) mass is 388 g/mol. The van der Waals surface area contributed by atoms with Crippen LogP contribution >= 0.6 is 0 Å². The SMILES string of the molecule is Fc1ccc(CCNCc2ccccc2OCc2ccc(F)cc2)cc1.[Cl-]. The maximum absolute atomic E-state index is 13.0. The second kappa shape index (κ2) is 10.7. The molecule has 1 N–H and O–H groups in total. The van der Waals surface area contributed by atoms with Crippen LogP contribution in [-0.4, -0.2) is 6.54 Å². The largest absolute Gasteiger partial charge is 1.00 e. The Morgan fingerprint density at radius 3 is 2.00 bits per heavy atom. The van der Waals surface area contributed by atoms with Gasteiger partial charge in [-0.05, 0) is 54.4 Å². The van der Waals surface area contributed by atoms with E-state index in [1.165, 1.54) is 24.3 Å². The van der Waals surface area contributed by atoms with Gasteiger partial charge < -0.3 is 22.5 Å². The highest BCUT2D eigenvalue weighted by atomic mass is 35.5. The van der Waals surface area contributed by atoms with Crippen molar-refractivity contribution in [2.45, 2.75) is 19.6 Å². The summed E-state index contributed by atoms with van der Waals surface area (Å²) in [4.78, 5) is 0. The Bertz CT molecular complexity index is 822. The number of halogens is 3. The van der Waals surface area contributed by atoms with E-state index in [1.807, 2.05) is 24.3 Å². The maximum Gasteiger partial charge on any atom is 0.124 e. The van der Waals surface area contributed by atoms with Crippen molar-refractivity contribution in [1.29, 1.82) is 0 Å². The minimum Gasteiger partial charge on any atom is -1.00 e. The molecule has 0 bridgehead atoms. The van der Waals surface area contributed by atoms with Crippen molar-refractivity contribution in [3.05, 3.63) is 101 Å². The number of para-hydroxylation sites is 1. The zero-order valence-corrected chi connectivity index (χ0v) is 15.6. The number of rotatable bonds is 8. The van der Waals surface area contributed by atoms with Crippen LogP contribution in [0.2, 0.25) is 0 Å². The molecule has 0 spiro atoms. The molecule has 0 saturated carbocycles. The van der Waals surface area contributed by atoms with Gasteiger partial charge in [-0.3, -0.25) is 0 Å².